The van der Waals surface area contributed by atoms with Crippen molar-refractivity contribution in [2.75, 3.05) is 13.3 Å². The van der Waals surface area contributed by atoms with Crippen LogP contribution in [-0.2, 0) is 19.1 Å². The summed E-state index contributed by atoms with van der Waals surface area (Å²) >= 11 is 0. The van der Waals surface area contributed by atoms with E-state index in [0.29, 0.717) is 12.8 Å². The van der Waals surface area contributed by atoms with Crippen LogP contribution in [0.15, 0.2) is 12.7 Å². The van der Waals surface area contributed by atoms with E-state index in [4.69, 9.17) is 14.6 Å². The third-order valence-corrected chi connectivity index (χ3v) is 4.57. The van der Waals surface area contributed by atoms with Crippen LogP contribution in [0.1, 0.15) is 12.8 Å². The molecule has 4 unspecified atom stereocenters. The van der Waals surface area contributed by atoms with Gasteiger partial charge in [0.05, 0.1) is 5.92 Å². The van der Waals surface area contributed by atoms with Gasteiger partial charge in [-0.3, -0.25) is 9.69 Å². The second kappa shape index (κ2) is 4.22. The summed E-state index contributed by atoms with van der Waals surface area (Å²) in [5.74, 6) is -2.40. The lowest BCUT2D eigenvalue weighted by Crippen LogP contribution is -2.52. The van der Waals surface area contributed by atoms with E-state index in [1.165, 1.54) is 11.0 Å². The second-order valence-electron chi connectivity index (χ2n) is 5.37. The van der Waals surface area contributed by atoms with Crippen LogP contribution in [0, 0.1) is 17.8 Å². The Kier molecular flexibility index (Phi) is 2.74. The average Bonchev–Trinajstić information content (AvgIpc) is 2.91. The molecule has 0 radical (unpaired) electrons. The lowest BCUT2D eigenvalue weighted by molar-refractivity contribution is -0.144. The summed E-state index contributed by atoms with van der Waals surface area (Å²) in [4.78, 5) is 36.5. The monoisotopic (exact) mass is 281 g/mol. The lowest BCUT2D eigenvalue weighted by Gasteiger charge is -2.31. The van der Waals surface area contributed by atoms with Gasteiger partial charge in [0.2, 0.25) is 0 Å². The zero-order chi connectivity index (χ0) is 14.5. The summed E-state index contributed by atoms with van der Waals surface area (Å²) in [5, 5.41) is 9.16. The van der Waals surface area contributed by atoms with Crippen LogP contribution < -0.4 is 0 Å². The number of esters is 1. The number of amides is 1. The number of ether oxygens (including phenoxy) is 2. The molecule has 2 saturated carbocycles. The van der Waals surface area contributed by atoms with Gasteiger partial charge in [0.15, 0.2) is 12.3 Å². The first-order valence-corrected chi connectivity index (χ1v) is 6.49. The SMILES string of the molecule is C=CCOC(=O)N1COC(=O)C12CCC1C(C(=O)O)C12. The van der Waals surface area contributed by atoms with Crippen molar-refractivity contribution in [1.29, 1.82) is 0 Å². The average molecular weight is 281 g/mol. The highest BCUT2D eigenvalue weighted by Crippen LogP contribution is 2.65. The molecule has 3 fully saturated rings. The fourth-order valence-corrected chi connectivity index (χ4v) is 3.72. The van der Waals surface area contributed by atoms with Gasteiger partial charge >= 0.3 is 18.0 Å². The number of aliphatic carboxylic acids is 1. The predicted molar refractivity (Wildman–Crippen MR) is 64.4 cm³/mol. The number of carbonyl (C=O) groups excluding carboxylic acids is 2. The number of carboxylic acids is 1. The summed E-state index contributed by atoms with van der Waals surface area (Å²) in [6.45, 7) is 3.31. The first kappa shape index (κ1) is 13.0. The maximum absolute atomic E-state index is 12.1. The molecular weight excluding hydrogens is 266 g/mol. The van der Waals surface area contributed by atoms with Crippen LogP contribution in [-0.4, -0.2) is 46.9 Å². The van der Waals surface area contributed by atoms with Crippen LogP contribution in [0.2, 0.25) is 0 Å². The molecule has 4 atom stereocenters. The number of nitrogens with zero attached hydrogens (tertiary/aromatic N) is 1. The fraction of sp³-hybridized carbons (Fsp3) is 0.615. The Hall–Kier alpha value is -2.05. The topological polar surface area (TPSA) is 93.1 Å². The molecule has 20 heavy (non-hydrogen) atoms. The van der Waals surface area contributed by atoms with E-state index in [9.17, 15) is 14.4 Å². The van der Waals surface area contributed by atoms with E-state index in [-0.39, 0.29) is 25.2 Å². The van der Waals surface area contributed by atoms with Crippen molar-refractivity contribution in [3.63, 3.8) is 0 Å². The van der Waals surface area contributed by atoms with Crippen LogP contribution >= 0.6 is 0 Å². The van der Waals surface area contributed by atoms with Gasteiger partial charge in [-0.15, -0.1) is 0 Å². The van der Waals surface area contributed by atoms with E-state index in [2.05, 4.69) is 6.58 Å². The third kappa shape index (κ3) is 1.49. The van der Waals surface area contributed by atoms with Gasteiger partial charge in [-0.25, -0.2) is 9.59 Å². The summed E-state index contributed by atoms with van der Waals surface area (Å²) in [6, 6.07) is 0. The maximum Gasteiger partial charge on any atom is 0.413 e. The van der Waals surface area contributed by atoms with Crippen molar-refractivity contribution in [2.24, 2.45) is 17.8 Å². The highest BCUT2D eigenvalue weighted by atomic mass is 16.6. The van der Waals surface area contributed by atoms with Crippen LogP contribution in [0.5, 0.6) is 0 Å². The number of rotatable bonds is 3. The molecule has 108 valence electrons. The molecule has 1 amide bonds. The molecule has 1 spiro atoms. The van der Waals surface area contributed by atoms with Gasteiger partial charge in [-0.05, 0) is 18.8 Å². The van der Waals surface area contributed by atoms with Gasteiger partial charge in [0.25, 0.3) is 0 Å². The molecule has 3 aliphatic rings. The molecule has 1 aliphatic heterocycles. The van der Waals surface area contributed by atoms with E-state index in [0.717, 1.165) is 0 Å². The van der Waals surface area contributed by atoms with Crippen LogP contribution in [0.3, 0.4) is 0 Å². The Morgan fingerprint density at radius 1 is 1.60 bits per heavy atom. The zero-order valence-corrected chi connectivity index (χ0v) is 10.8. The number of carboxylic acid groups (broad SMARTS) is 1. The predicted octanol–water partition coefficient (Wildman–Crippen LogP) is 0.605. The number of cyclic esters (lactones) is 1. The van der Waals surface area contributed by atoms with Crippen molar-refractivity contribution in [1.82, 2.24) is 4.90 Å². The van der Waals surface area contributed by atoms with Gasteiger partial charge in [-0.1, -0.05) is 12.7 Å². The van der Waals surface area contributed by atoms with Gasteiger partial charge in [-0.2, -0.15) is 0 Å². The molecule has 1 heterocycles. The highest BCUT2D eigenvalue weighted by molar-refractivity contribution is 5.92. The smallest absolute Gasteiger partial charge is 0.413 e. The molecule has 0 aromatic carbocycles. The Morgan fingerprint density at radius 3 is 2.95 bits per heavy atom. The Balaban J connectivity index is 1.86. The first-order valence-electron chi connectivity index (χ1n) is 6.49. The van der Waals surface area contributed by atoms with Gasteiger partial charge < -0.3 is 14.6 Å². The fourth-order valence-electron chi connectivity index (χ4n) is 3.72. The third-order valence-electron chi connectivity index (χ3n) is 4.57. The first-order chi connectivity index (χ1) is 9.54. The lowest BCUT2D eigenvalue weighted by atomic mass is 9.89. The minimum atomic E-state index is -1.15. The van der Waals surface area contributed by atoms with Gasteiger partial charge in [0.1, 0.15) is 6.61 Å². The largest absolute Gasteiger partial charge is 0.481 e. The van der Waals surface area contributed by atoms with Crippen molar-refractivity contribution < 1.29 is 29.0 Å². The summed E-state index contributed by atoms with van der Waals surface area (Å²) in [5.41, 5.74) is -1.15. The Morgan fingerprint density at radius 2 is 2.35 bits per heavy atom. The van der Waals surface area contributed by atoms with Crippen molar-refractivity contribution in [3.8, 4) is 0 Å². The van der Waals surface area contributed by atoms with Crippen LogP contribution in [0.4, 0.5) is 4.79 Å². The number of fused-ring (bicyclic) bond motifs is 2. The Bertz CT molecular complexity index is 503. The highest BCUT2D eigenvalue weighted by Gasteiger charge is 2.76. The molecular formula is C13H15NO6. The van der Waals surface area contributed by atoms with Crippen molar-refractivity contribution in [2.45, 2.75) is 18.4 Å². The maximum atomic E-state index is 12.1. The summed E-state index contributed by atoms with van der Waals surface area (Å²) < 4.78 is 9.96. The molecule has 0 aromatic rings. The molecule has 0 aromatic heterocycles. The quantitative estimate of drug-likeness (QED) is 0.601. The van der Waals surface area contributed by atoms with E-state index < -0.39 is 29.5 Å². The van der Waals surface area contributed by atoms with Crippen molar-refractivity contribution in [3.05, 3.63) is 12.7 Å². The molecule has 7 nitrogen and oxygen atoms in total. The van der Waals surface area contributed by atoms with E-state index in [1.54, 1.807) is 0 Å². The van der Waals surface area contributed by atoms with E-state index >= 15 is 0 Å². The number of carbonyl (C=O) groups is 3. The second-order valence-corrected chi connectivity index (χ2v) is 5.37. The molecule has 0 bridgehead atoms. The number of hydrogen-bond acceptors (Lipinski definition) is 5. The minimum absolute atomic E-state index is 0.0378. The summed E-state index contributed by atoms with van der Waals surface area (Å²) in [6.07, 6.45) is 1.82. The normalized spacial score (nSPS) is 37.5. The van der Waals surface area contributed by atoms with Gasteiger partial charge in [0, 0.05) is 5.92 Å². The molecule has 2 aliphatic carbocycles. The standard InChI is InChI=1S/C13H15NO6/c1-2-5-19-12(18)14-6-20-11(17)13(14)4-3-7-8(9(7)13)10(15)16/h2,7-9H,1,3-6H2,(H,15,16). The molecule has 1 saturated heterocycles. The Labute approximate surface area is 115 Å². The molecule has 3 rings (SSSR count). The number of hydrogen-bond donors (Lipinski definition) is 1. The minimum Gasteiger partial charge on any atom is -0.481 e. The molecule has 7 heteroatoms. The molecule has 1 N–H and O–H groups in total. The zero-order valence-electron chi connectivity index (χ0n) is 10.8. The van der Waals surface area contributed by atoms with Crippen molar-refractivity contribution >= 4 is 18.0 Å². The van der Waals surface area contributed by atoms with Crippen LogP contribution in [0.25, 0.3) is 0 Å². The summed E-state index contributed by atoms with van der Waals surface area (Å²) in [7, 11) is 0. The van der Waals surface area contributed by atoms with E-state index in [1.807, 2.05) is 0 Å².